The molecular formula is C13H25NO3. The van der Waals surface area contributed by atoms with E-state index in [1.807, 2.05) is 11.8 Å². The van der Waals surface area contributed by atoms with Gasteiger partial charge in [0.2, 0.25) is 5.91 Å². The molecule has 0 radical (unpaired) electrons. The highest BCUT2D eigenvalue weighted by Gasteiger charge is 2.28. The van der Waals surface area contributed by atoms with Gasteiger partial charge in [0, 0.05) is 19.5 Å². The van der Waals surface area contributed by atoms with E-state index in [2.05, 4.69) is 20.8 Å². The molecule has 1 aliphatic heterocycles. The van der Waals surface area contributed by atoms with Crippen LogP contribution in [-0.2, 0) is 9.53 Å². The molecule has 4 heteroatoms. The van der Waals surface area contributed by atoms with Gasteiger partial charge in [-0.25, -0.2) is 0 Å². The fraction of sp³-hybridized carbons (Fsp3) is 0.923. The zero-order valence-electron chi connectivity index (χ0n) is 11.4. The van der Waals surface area contributed by atoms with E-state index in [1.165, 1.54) is 0 Å². The van der Waals surface area contributed by atoms with Crippen LogP contribution in [0.5, 0.6) is 0 Å². The Labute approximate surface area is 104 Å². The van der Waals surface area contributed by atoms with Crippen molar-refractivity contribution in [3.63, 3.8) is 0 Å². The van der Waals surface area contributed by atoms with Gasteiger partial charge in [0.25, 0.3) is 0 Å². The van der Waals surface area contributed by atoms with E-state index in [0.29, 0.717) is 19.5 Å². The van der Waals surface area contributed by atoms with Gasteiger partial charge < -0.3 is 14.7 Å². The van der Waals surface area contributed by atoms with Crippen molar-refractivity contribution in [1.82, 2.24) is 4.90 Å². The topological polar surface area (TPSA) is 49.8 Å². The Balaban J connectivity index is 2.45. The van der Waals surface area contributed by atoms with Crippen LogP contribution in [0.3, 0.4) is 0 Å². The van der Waals surface area contributed by atoms with Crippen LogP contribution < -0.4 is 0 Å². The summed E-state index contributed by atoms with van der Waals surface area (Å²) in [6.45, 7) is 9.48. The summed E-state index contributed by atoms with van der Waals surface area (Å²) in [5.41, 5.74) is 0.184. The number of carbonyl (C=O) groups excluding carboxylic acids is 1. The van der Waals surface area contributed by atoms with Crippen LogP contribution >= 0.6 is 0 Å². The number of hydrogen-bond donors (Lipinski definition) is 1. The first-order valence-corrected chi connectivity index (χ1v) is 6.36. The maximum Gasteiger partial charge on any atom is 0.222 e. The molecule has 1 N–H and O–H groups in total. The molecule has 1 heterocycles. The van der Waals surface area contributed by atoms with Crippen molar-refractivity contribution in [3.05, 3.63) is 0 Å². The molecule has 1 rings (SSSR count). The van der Waals surface area contributed by atoms with E-state index in [1.54, 1.807) is 0 Å². The minimum atomic E-state index is -0.225. The zero-order chi connectivity index (χ0) is 13.1. The molecule has 0 aromatic rings. The molecule has 100 valence electrons. The lowest BCUT2D eigenvalue weighted by Gasteiger charge is -2.36. The minimum Gasteiger partial charge on any atom is -0.394 e. The molecular weight excluding hydrogens is 218 g/mol. The van der Waals surface area contributed by atoms with Gasteiger partial charge in [-0.1, -0.05) is 20.8 Å². The first kappa shape index (κ1) is 14.5. The highest BCUT2D eigenvalue weighted by Crippen LogP contribution is 2.22. The maximum absolute atomic E-state index is 12.0. The Kier molecular flexibility index (Phi) is 4.95. The van der Waals surface area contributed by atoms with Gasteiger partial charge in [-0.15, -0.1) is 0 Å². The number of carbonyl (C=O) groups is 1. The van der Waals surface area contributed by atoms with Crippen molar-refractivity contribution in [3.8, 4) is 0 Å². The van der Waals surface area contributed by atoms with E-state index < -0.39 is 0 Å². The number of rotatable bonds is 3. The summed E-state index contributed by atoms with van der Waals surface area (Å²) in [6.07, 6.45) is 1.26. The van der Waals surface area contributed by atoms with Crippen molar-refractivity contribution in [1.29, 1.82) is 0 Å². The van der Waals surface area contributed by atoms with Gasteiger partial charge in [0.15, 0.2) is 0 Å². The van der Waals surface area contributed by atoms with Crippen molar-refractivity contribution in [2.24, 2.45) is 5.41 Å². The van der Waals surface area contributed by atoms with Gasteiger partial charge in [-0.2, -0.15) is 0 Å². The van der Waals surface area contributed by atoms with E-state index in [9.17, 15) is 4.79 Å². The Morgan fingerprint density at radius 3 is 2.59 bits per heavy atom. The molecule has 0 saturated carbocycles. The zero-order valence-corrected chi connectivity index (χ0v) is 11.4. The maximum atomic E-state index is 12.0. The molecule has 1 saturated heterocycles. The number of ether oxygens (including phenoxy) is 1. The number of nitrogens with zero attached hydrogens (tertiary/aromatic N) is 1. The predicted molar refractivity (Wildman–Crippen MR) is 66.7 cm³/mol. The quantitative estimate of drug-likeness (QED) is 0.815. The highest BCUT2D eigenvalue weighted by molar-refractivity contribution is 5.76. The van der Waals surface area contributed by atoms with Crippen molar-refractivity contribution in [2.45, 2.75) is 52.7 Å². The average molecular weight is 243 g/mol. The molecule has 4 nitrogen and oxygen atoms in total. The summed E-state index contributed by atoms with van der Waals surface area (Å²) in [4.78, 5) is 13.9. The minimum absolute atomic E-state index is 0.0134. The molecule has 0 aliphatic carbocycles. The average Bonchev–Trinajstić information content (AvgIpc) is 2.23. The molecule has 17 heavy (non-hydrogen) atoms. The second-order valence-electron chi connectivity index (χ2n) is 6.11. The fourth-order valence-corrected chi connectivity index (χ4v) is 1.99. The van der Waals surface area contributed by atoms with Gasteiger partial charge in [-0.05, 0) is 18.8 Å². The third-order valence-electron chi connectivity index (χ3n) is 2.97. The molecule has 2 unspecified atom stereocenters. The Morgan fingerprint density at radius 2 is 2.06 bits per heavy atom. The van der Waals surface area contributed by atoms with E-state index in [4.69, 9.17) is 9.84 Å². The summed E-state index contributed by atoms with van der Waals surface area (Å²) in [5, 5.41) is 9.10. The molecule has 1 aliphatic rings. The van der Waals surface area contributed by atoms with Crippen LogP contribution in [-0.4, -0.2) is 47.8 Å². The van der Waals surface area contributed by atoms with Crippen LogP contribution in [0.15, 0.2) is 0 Å². The number of aliphatic hydroxyl groups is 1. The Hall–Kier alpha value is -0.610. The number of amides is 1. The molecule has 1 fully saturated rings. The molecule has 1 amide bonds. The van der Waals surface area contributed by atoms with Gasteiger partial charge in [0.1, 0.15) is 0 Å². The highest BCUT2D eigenvalue weighted by atomic mass is 16.5. The summed E-state index contributed by atoms with van der Waals surface area (Å²) in [7, 11) is 0. The Morgan fingerprint density at radius 1 is 1.41 bits per heavy atom. The first-order valence-electron chi connectivity index (χ1n) is 6.36. The number of hydrogen-bond acceptors (Lipinski definition) is 3. The standard InChI is InChI=1S/C13H25NO3/c1-10-7-14(8-11(9-15)17-10)12(16)5-6-13(2,3)4/h10-11,15H,5-9H2,1-4H3. The van der Waals surface area contributed by atoms with Crippen molar-refractivity contribution < 1.29 is 14.6 Å². The lowest BCUT2D eigenvalue weighted by atomic mass is 9.90. The van der Waals surface area contributed by atoms with Crippen molar-refractivity contribution >= 4 is 5.91 Å². The SMILES string of the molecule is CC1CN(C(=O)CCC(C)(C)C)CC(CO)O1. The van der Waals surface area contributed by atoms with Crippen LogP contribution in [0.25, 0.3) is 0 Å². The number of aliphatic hydroxyl groups excluding tert-OH is 1. The largest absolute Gasteiger partial charge is 0.394 e. The second kappa shape index (κ2) is 5.83. The summed E-state index contributed by atoms with van der Waals surface area (Å²) < 4.78 is 5.52. The van der Waals surface area contributed by atoms with Crippen LogP contribution in [0.1, 0.15) is 40.5 Å². The van der Waals surface area contributed by atoms with Gasteiger partial charge in [0.05, 0.1) is 18.8 Å². The van der Waals surface area contributed by atoms with Crippen LogP contribution in [0.2, 0.25) is 0 Å². The van der Waals surface area contributed by atoms with E-state index >= 15 is 0 Å². The number of morpholine rings is 1. The molecule has 2 atom stereocenters. The molecule has 0 aromatic carbocycles. The van der Waals surface area contributed by atoms with Crippen molar-refractivity contribution in [2.75, 3.05) is 19.7 Å². The van der Waals surface area contributed by atoms with Crippen LogP contribution in [0.4, 0.5) is 0 Å². The van der Waals surface area contributed by atoms with E-state index in [0.717, 1.165) is 6.42 Å². The molecule has 0 spiro atoms. The predicted octanol–water partition coefficient (Wildman–Crippen LogP) is 1.42. The lowest BCUT2D eigenvalue weighted by molar-refractivity contribution is -0.147. The lowest BCUT2D eigenvalue weighted by Crippen LogP contribution is -2.50. The molecule has 0 aromatic heterocycles. The summed E-state index contributed by atoms with van der Waals surface area (Å²) in [5.74, 6) is 0.175. The van der Waals surface area contributed by atoms with Gasteiger partial charge >= 0.3 is 0 Å². The summed E-state index contributed by atoms with van der Waals surface area (Å²) in [6, 6.07) is 0. The third-order valence-corrected chi connectivity index (χ3v) is 2.97. The normalized spacial score (nSPS) is 26.1. The second-order valence-corrected chi connectivity index (χ2v) is 6.11. The van der Waals surface area contributed by atoms with Crippen LogP contribution in [0, 0.1) is 5.41 Å². The smallest absolute Gasteiger partial charge is 0.222 e. The monoisotopic (exact) mass is 243 g/mol. The first-order chi connectivity index (χ1) is 7.81. The fourth-order valence-electron chi connectivity index (χ4n) is 1.99. The van der Waals surface area contributed by atoms with Gasteiger partial charge in [-0.3, -0.25) is 4.79 Å². The molecule has 0 bridgehead atoms. The Bertz CT molecular complexity index is 260. The third kappa shape index (κ3) is 5.04. The van der Waals surface area contributed by atoms with E-state index in [-0.39, 0.29) is 30.1 Å². The summed E-state index contributed by atoms with van der Waals surface area (Å²) >= 11 is 0.